The monoisotopic (exact) mass is 270 g/mol. The van der Waals surface area contributed by atoms with Gasteiger partial charge in [-0.15, -0.1) is 0 Å². The lowest BCUT2D eigenvalue weighted by molar-refractivity contribution is 0.0337. The van der Waals surface area contributed by atoms with Crippen molar-refractivity contribution in [1.82, 2.24) is 0 Å². The van der Waals surface area contributed by atoms with Gasteiger partial charge in [0.05, 0.1) is 11.7 Å². The Morgan fingerprint density at radius 2 is 1.55 bits per heavy atom. The van der Waals surface area contributed by atoms with Crippen LogP contribution in [0, 0.1) is 0 Å². The Bertz CT molecular complexity index is 559. The summed E-state index contributed by atoms with van der Waals surface area (Å²) in [6.45, 7) is 3.53. The summed E-state index contributed by atoms with van der Waals surface area (Å²) in [5, 5.41) is 9.43. The van der Waals surface area contributed by atoms with Crippen LogP contribution < -0.4 is 0 Å². The summed E-state index contributed by atoms with van der Waals surface area (Å²) in [5.41, 5.74) is 2.22. The molecule has 2 atom stereocenters. The Morgan fingerprint density at radius 3 is 2.10 bits per heavy atom. The summed E-state index contributed by atoms with van der Waals surface area (Å²) in [6, 6.07) is 16.4. The Hall–Kier alpha value is -2.13. The largest absolute Gasteiger partial charge is 0.454 e. The van der Waals surface area contributed by atoms with Crippen LogP contribution in [0.25, 0.3) is 0 Å². The van der Waals surface area contributed by atoms with Crippen molar-refractivity contribution >= 4 is 5.97 Å². The predicted molar refractivity (Wildman–Crippen MR) is 77.3 cm³/mol. The first-order valence-electron chi connectivity index (χ1n) is 6.62. The Labute approximate surface area is 118 Å². The third-order valence-electron chi connectivity index (χ3n) is 3.18. The summed E-state index contributed by atoms with van der Waals surface area (Å²) in [6.07, 6.45) is -0.830. The van der Waals surface area contributed by atoms with Gasteiger partial charge in [-0.1, -0.05) is 42.5 Å². The SMILES string of the molecule is CC(O)c1ccc(C(=O)OC(C)c2ccccc2)cc1. The fraction of sp³-hybridized carbons (Fsp3) is 0.235. The van der Waals surface area contributed by atoms with Gasteiger partial charge in [-0.3, -0.25) is 0 Å². The van der Waals surface area contributed by atoms with Crippen molar-refractivity contribution in [2.75, 3.05) is 0 Å². The molecule has 0 spiro atoms. The van der Waals surface area contributed by atoms with Gasteiger partial charge in [0, 0.05) is 0 Å². The Morgan fingerprint density at radius 1 is 0.950 bits per heavy atom. The maximum atomic E-state index is 12.0. The second kappa shape index (κ2) is 6.35. The summed E-state index contributed by atoms with van der Waals surface area (Å²) < 4.78 is 5.42. The van der Waals surface area contributed by atoms with Crippen LogP contribution in [-0.4, -0.2) is 11.1 Å². The van der Waals surface area contributed by atoms with Gasteiger partial charge in [-0.05, 0) is 37.1 Å². The second-order valence-electron chi connectivity index (χ2n) is 4.76. The van der Waals surface area contributed by atoms with E-state index >= 15 is 0 Å². The van der Waals surface area contributed by atoms with E-state index in [1.54, 1.807) is 31.2 Å². The molecule has 0 bridgehead atoms. The van der Waals surface area contributed by atoms with Gasteiger partial charge in [0.1, 0.15) is 6.10 Å². The quantitative estimate of drug-likeness (QED) is 0.862. The van der Waals surface area contributed by atoms with Crippen molar-refractivity contribution in [1.29, 1.82) is 0 Å². The zero-order chi connectivity index (χ0) is 14.5. The number of hydrogen-bond acceptors (Lipinski definition) is 3. The Balaban J connectivity index is 2.05. The molecule has 3 nitrogen and oxygen atoms in total. The first-order valence-corrected chi connectivity index (χ1v) is 6.62. The fourth-order valence-electron chi connectivity index (χ4n) is 1.92. The maximum absolute atomic E-state index is 12.0. The molecule has 2 aromatic rings. The van der Waals surface area contributed by atoms with Crippen molar-refractivity contribution in [2.24, 2.45) is 0 Å². The molecular weight excluding hydrogens is 252 g/mol. The molecule has 0 saturated heterocycles. The number of rotatable bonds is 4. The molecule has 2 rings (SSSR count). The third-order valence-corrected chi connectivity index (χ3v) is 3.18. The van der Waals surface area contributed by atoms with Gasteiger partial charge in [-0.2, -0.15) is 0 Å². The highest BCUT2D eigenvalue weighted by Crippen LogP contribution is 2.19. The molecule has 2 unspecified atom stereocenters. The van der Waals surface area contributed by atoms with E-state index in [4.69, 9.17) is 4.74 Å². The van der Waals surface area contributed by atoms with Gasteiger partial charge in [-0.25, -0.2) is 4.79 Å². The number of esters is 1. The highest BCUT2D eigenvalue weighted by Gasteiger charge is 2.13. The number of aliphatic hydroxyl groups excluding tert-OH is 1. The molecule has 0 fully saturated rings. The first kappa shape index (κ1) is 14.3. The third kappa shape index (κ3) is 3.45. The summed E-state index contributed by atoms with van der Waals surface area (Å²) in [4.78, 5) is 12.0. The van der Waals surface area contributed by atoms with E-state index in [1.165, 1.54) is 0 Å². The van der Waals surface area contributed by atoms with E-state index < -0.39 is 6.10 Å². The van der Waals surface area contributed by atoms with Crippen molar-refractivity contribution in [3.63, 3.8) is 0 Å². The second-order valence-corrected chi connectivity index (χ2v) is 4.76. The molecule has 104 valence electrons. The van der Waals surface area contributed by atoms with Crippen molar-refractivity contribution < 1.29 is 14.6 Å². The van der Waals surface area contributed by atoms with Crippen molar-refractivity contribution in [2.45, 2.75) is 26.1 Å². The first-order chi connectivity index (χ1) is 9.58. The molecule has 0 amide bonds. The van der Waals surface area contributed by atoms with Gasteiger partial charge in [0.15, 0.2) is 0 Å². The lowest BCUT2D eigenvalue weighted by Crippen LogP contribution is -2.09. The van der Waals surface area contributed by atoms with E-state index in [1.807, 2.05) is 37.3 Å². The highest BCUT2D eigenvalue weighted by molar-refractivity contribution is 5.89. The number of carbonyl (C=O) groups excluding carboxylic acids is 1. The van der Waals surface area contributed by atoms with Crippen LogP contribution in [0.15, 0.2) is 54.6 Å². The average Bonchev–Trinajstić information content (AvgIpc) is 2.48. The van der Waals surface area contributed by atoms with Gasteiger partial charge in [0.25, 0.3) is 0 Å². The zero-order valence-corrected chi connectivity index (χ0v) is 11.6. The lowest BCUT2D eigenvalue weighted by atomic mass is 10.1. The topological polar surface area (TPSA) is 46.5 Å². The number of ether oxygens (including phenoxy) is 1. The van der Waals surface area contributed by atoms with Crippen LogP contribution in [0.3, 0.4) is 0 Å². The molecule has 0 radical (unpaired) electrons. The highest BCUT2D eigenvalue weighted by atomic mass is 16.5. The van der Waals surface area contributed by atoms with Crippen LogP contribution in [0.4, 0.5) is 0 Å². The molecule has 3 heteroatoms. The number of aliphatic hydroxyl groups is 1. The van der Waals surface area contributed by atoms with E-state index in [0.717, 1.165) is 11.1 Å². The Kier molecular flexibility index (Phi) is 4.53. The van der Waals surface area contributed by atoms with Crippen LogP contribution in [0.2, 0.25) is 0 Å². The average molecular weight is 270 g/mol. The minimum atomic E-state index is -0.539. The molecule has 0 aromatic heterocycles. The molecule has 0 aliphatic heterocycles. The number of carbonyl (C=O) groups is 1. The van der Waals surface area contributed by atoms with Crippen LogP contribution in [-0.2, 0) is 4.74 Å². The number of hydrogen-bond donors (Lipinski definition) is 1. The molecule has 1 N–H and O–H groups in total. The smallest absolute Gasteiger partial charge is 0.338 e. The molecule has 2 aromatic carbocycles. The van der Waals surface area contributed by atoms with Crippen molar-refractivity contribution in [3.8, 4) is 0 Å². The van der Waals surface area contributed by atoms with Gasteiger partial charge >= 0.3 is 5.97 Å². The summed E-state index contributed by atoms with van der Waals surface area (Å²) >= 11 is 0. The number of benzene rings is 2. The normalized spacial score (nSPS) is 13.6. The lowest BCUT2D eigenvalue weighted by Gasteiger charge is -2.14. The van der Waals surface area contributed by atoms with Crippen LogP contribution in [0.5, 0.6) is 0 Å². The minimum absolute atomic E-state index is 0.292. The molecule has 0 saturated carbocycles. The van der Waals surface area contributed by atoms with Crippen LogP contribution >= 0.6 is 0 Å². The predicted octanol–water partition coefficient (Wildman–Crippen LogP) is 3.66. The summed E-state index contributed by atoms with van der Waals surface area (Å²) in [5.74, 6) is -0.363. The zero-order valence-electron chi connectivity index (χ0n) is 11.6. The van der Waals surface area contributed by atoms with Gasteiger partial charge in [0.2, 0.25) is 0 Å². The fourth-order valence-corrected chi connectivity index (χ4v) is 1.92. The maximum Gasteiger partial charge on any atom is 0.338 e. The molecule has 0 aliphatic rings. The molecule has 20 heavy (non-hydrogen) atoms. The molecule has 0 heterocycles. The van der Waals surface area contributed by atoms with E-state index in [-0.39, 0.29) is 12.1 Å². The van der Waals surface area contributed by atoms with E-state index in [2.05, 4.69) is 0 Å². The summed E-state index contributed by atoms with van der Waals surface area (Å²) in [7, 11) is 0. The van der Waals surface area contributed by atoms with E-state index in [0.29, 0.717) is 5.56 Å². The molecule has 0 aliphatic carbocycles. The van der Waals surface area contributed by atoms with Gasteiger partial charge < -0.3 is 9.84 Å². The molecular formula is C17H18O3. The standard InChI is InChI=1S/C17H18O3/c1-12(18)14-8-10-16(11-9-14)17(19)20-13(2)15-6-4-3-5-7-15/h3-13,18H,1-2H3. The minimum Gasteiger partial charge on any atom is -0.454 e. The van der Waals surface area contributed by atoms with Crippen LogP contribution in [0.1, 0.15) is 47.5 Å². The van der Waals surface area contributed by atoms with Crippen molar-refractivity contribution in [3.05, 3.63) is 71.3 Å². The van der Waals surface area contributed by atoms with E-state index in [9.17, 15) is 9.90 Å².